The number of aliphatic carboxylic acids is 2. The van der Waals surface area contributed by atoms with Crippen LogP contribution in [0.4, 0.5) is 4.79 Å². The number of hydrogen-bond donors (Lipinski definition) is 3. The molecule has 1 rings (SSSR count). The summed E-state index contributed by atoms with van der Waals surface area (Å²) in [5, 5.41) is 18.6. The molecule has 1 aliphatic heterocycles. The van der Waals surface area contributed by atoms with Gasteiger partial charge in [-0.15, -0.1) is 0 Å². The van der Waals surface area contributed by atoms with Gasteiger partial charge in [-0.05, 0) is 33.6 Å². The van der Waals surface area contributed by atoms with Crippen molar-refractivity contribution in [2.24, 2.45) is 11.1 Å². The average molecular weight is 302 g/mol. The van der Waals surface area contributed by atoms with Gasteiger partial charge in [0, 0.05) is 13.1 Å². The monoisotopic (exact) mass is 302 g/mol. The van der Waals surface area contributed by atoms with Gasteiger partial charge in [-0.3, -0.25) is 9.69 Å². The fourth-order valence-electron chi connectivity index (χ4n) is 2.30. The van der Waals surface area contributed by atoms with E-state index in [9.17, 15) is 24.6 Å². The second-order valence-electron chi connectivity index (χ2n) is 6.27. The first-order valence-corrected chi connectivity index (χ1v) is 6.68. The molecule has 0 radical (unpaired) electrons. The summed E-state index contributed by atoms with van der Waals surface area (Å²) < 4.78 is 5.16. The SMILES string of the molecule is CC(C)(C)OC(=O)N1CCC(CN)(C(=O)O)CC1C(=O)O. The Morgan fingerprint density at radius 1 is 1.33 bits per heavy atom. The summed E-state index contributed by atoms with van der Waals surface area (Å²) in [6, 6.07) is -1.26. The first-order chi connectivity index (χ1) is 9.52. The summed E-state index contributed by atoms with van der Waals surface area (Å²) in [5.41, 5.74) is 3.44. The summed E-state index contributed by atoms with van der Waals surface area (Å²) in [4.78, 5) is 35.9. The van der Waals surface area contributed by atoms with Crippen molar-refractivity contribution in [3.05, 3.63) is 0 Å². The molecule has 120 valence electrons. The van der Waals surface area contributed by atoms with E-state index in [1.54, 1.807) is 20.8 Å². The highest BCUT2D eigenvalue weighted by Crippen LogP contribution is 2.35. The maximum atomic E-state index is 12.1. The van der Waals surface area contributed by atoms with E-state index < -0.39 is 35.1 Å². The van der Waals surface area contributed by atoms with Crippen molar-refractivity contribution >= 4 is 18.0 Å². The van der Waals surface area contributed by atoms with Crippen LogP contribution in [0.5, 0.6) is 0 Å². The molecular weight excluding hydrogens is 280 g/mol. The molecule has 8 heteroatoms. The lowest BCUT2D eigenvalue weighted by molar-refractivity contribution is -0.157. The van der Waals surface area contributed by atoms with E-state index in [0.29, 0.717) is 0 Å². The molecule has 1 aliphatic rings. The van der Waals surface area contributed by atoms with Crippen molar-refractivity contribution in [2.75, 3.05) is 13.1 Å². The number of carbonyl (C=O) groups is 3. The van der Waals surface area contributed by atoms with Crippen LogP contribution in [0.15, 0.2) is 0 Å². The number of ether oxygens (including phenoxy) is 1. The molecule has 1 heterocycles. The molecular formula is C13H22N2O6. The van der Waals surface area contributed by atoms with Crippen molar-refractivity contribution in [1.82, 2.24) is 4.90 Å². The predicted octanol–water partition coefficient (Wildman–Crippen LogP) is 0.500. The van der Waals surface area contributed by atoms with Crippen LogP contribution in [0, 0.1) is 5.41 Å². The van der Waals surface area contributed by atoms with Gasteiger partial charge in [0.05, 0.1) is 5.41 Å². The number of carbonyl (C=O) groups excluding carboxylic acids is 1. The number of likely N-dealkylation sites (tertiary alicyclic amines) is 1. The summed E-state index contributed by atoms with van der Waals surface area (Å²) in [5.74, 6) is -2.40. The molecule has 0 aromatic heterocycles. The predicted molar refractivity (Wildman–Crippen MR) is 72.7 cm³/mol. The maximum Gasteiger partial charge on any atom is 0.411 e. The number of nitrogens with zero attached hydrogens (tertiary/aromatic N) is 1. The van der Waals surface area contributed by atoms with Gasteiger partial charge in [-0.1, -0.05) is 0 Å². The number of rotatable bonds is 3. The molecule has 0 saturated carbocycles. The quantitative estimate of drug-likeness (QED) is 0.692. The molecule has 2 atom stereocenters. The number of piperidine rings is 1. The van der Waals surface area contributed by atoms with Crippen LogP contribution < -0.4 is 5.73 Å². The standard InChI is InChI=1S/C13H22N2O6/c1-12(2,3)21-11(20)15-5-4-13(7-14,10(18)19)6-8(15)9(16)17/h8H,4-7,14H2,1-3H3,(H,16,17)(H,18,19). The van der Waals surface area contributed by atoms with E-state index in [-0.39, 0.29) is 25.9 Å². The average Bonchev–Trinajstić information content (AvgIpc) is 2.35. The minimum absolute atomic E-state index is 0.0185. The zero-order valence-corrected chi connectivity index (χ0v) is 12.5. The minimum atomic E-state index is -1.32. The largest absolute Gasteiger partial charge is 0.481 e. The van der Waals surface area contributed by atoms with E-state index in [0.717, 1.165) is 4.90 Å². The Morgan fingerprint density at radius 2 is 1.90 bits per heavy atom. The molecule has 1 amide bonds. The Morgan fingerprint density at radius 3 is 2.29 bits per heavy atom. The molecule has 1 fully saturated rings. The van der Waals surface area contributed by atoms with E-state index in [1.165, 1.54) is 0 Å². The molecule has 2 unspecified atom stereocenters. The van der Waals surface area contributed by atoms with Crippen molar-refractivity contribution < 1.29 is 29.3 Å². The zero-order chi connectivity index (χ0) is 16.4. The highest BCUT2D eigenvalue weighted by molar-refractivity contribution is 5.83. The normalized spacial score (nSPS) is 26.3. The van der Waals surface area contributed by atoms with Gasteiger partial charge >= 0.3 is 18.0 Å². The molecule has 0 bridgehead atoms. The molecule has 0 aliphatic carbocycles. The number of nitrogens with two attached hydrogens (primary N) is 1. The van der Waals surface area contributed by atoms with Crippen LogP contribution in [0.3, 0.4) is 0 Å². The Bertz CT molecular complexity index is 444. The third-order valence-corrected chi connectivity index (χ3v) is 3.55. The highest BCUT2D eigenvalue weighted by Gasteiger charge is 2.49. The van der Waals surface area contributed by atoms with E-state index in [2.05, 4.69) is 0 Å². The summed E-state index contributed by atoms with van der Waals surface area (Å²) in [7, 11) is 0. The van der Waals surface area contributed by atoms with E-state index in [1.807, 2.05) is 0 Å². The highest BCUT2D eigenvalue weighted by atomic mass is 16.6. The Kier molecular flexibility index (Phi) is 4.83. The van der Waals surface area contributed by atoms with Crippen LogP contribution in [0.1, 0.15) is 33.6 Å². The second kappa shape index (κ2) is 5.88. The minimum Gasteiger partial charge on any atom is -0.481 e. The third-order valence-electron chi connectivity index (χ3n) is 3.55. The van der Waals surface area contributed by atoms with Crippen molar-refractivity contribution in [3.63, 3.8) is 0 Å². The van der Waals surface area contributed by atoms with Crippen LogP contribution >= 0.6 is 0 Å². The Balaban J connectivity index is 2.97. The Hall–Kier alpha value is -1.83. The van der Waals surface area contributed by atoms with Crippen molar-refractivity contribution in [3.8, 4) is 0 Å². The summed E-state index contributed by atoms with van der Waals surface area (Å²) >= 11 is 0. The number of hydrogen-bond acceptors (Lipinski definition) is 5. The third kappa shape index (κ3) is 3.84. The molecule has 0 aromatic rings. The smallest absolute Gasteiger partial charge is 0.411 e. The maximum absolute atomic E-state index is 12.1. The second-order valence-corrected chi connectivity index (χ2v) is 6.27. The first kappa shape index (κ1) is 17.2. The van der Waals surface area contributed by atoms with Gasteiger partial charge in [0.2, 0.25) is 0 Å². The molecule has 0 spiro atoms. The number of amides is 1. The topological polar surface area (TPSA) is 130 Å². The zero-order valence-electron chi connectivity index (χ0n) is 12.5. The summed E-state index contributed by atoms with van der Waals surface area (Å²) in [6.45, 7) is 4.83. The number of carboxylic acids is 2. The van der Waals surface area contributed by atoms with Gasteiger partial charge in [0.25, 0.3) is 0 Å². The van der Waals surface area contributed by atoms with E-state index >= 15 is 0 Å². The van der Waals surface area contributed by atoms with Gasteiger partial charge in [0.15, 0.2) is 0 Å². The van der Waals surface area contributed by atoms with Crippen LogP contribution in [-0.2, 0) is 14.3 Å². The molecule has 0 aromatic carbocycles. The first-order valence-electron chi connectivity index (χ1n) is 6.68. The van der Waals surface area contributed by atoms with Crippen LogP contribution in [0.25, 0.3) is 0 Å². The van der Waals surface area contributed by atoms with Crippen LogP contribution in [0.2, 0.25) is 0 Å². The molecule has 4 N–H and O–H groups in total. The lowest BCUT2D eigenvalue weighted by Crippen LogP contribution is -2.58. The fourth-order valence-corrected chi connectivity index (χ4v) is 2.30. The van der Waals surface area contributed by atoms with Gasteiger partial charge in [-0.2, -0.15) is 0 Å². The molecule has 21 heavy (non-hydrogen) atoms. The van der Waals surface area contributed by atoms with Crippen molar-refractivity contribution in [2.45, 2.75) is 45.3 Å². The van der Waals surface area contributed by atoms with Crippen LogP contribution in [-0.4, -0.2) is 57.9 Å². The van der Waals surface area contributed by atoms with E-state index in [4.69, 9.17) is 10.5 Å². The summed E-state index contributed by atoms with van der Waals surface area (Å²) in [6.07, 6.45) is -0.888. The lowest BCUT2D eigenvalue weighted by Gasteiger charge is -2.42. The Labute approximate surface area is 122 Å². The molecule has 8 nitrogen and oxygen atoms in total. The van der Waals surface area contributed by atoms with Gasteiger partial charge in [-0.25, -0.2) is 9.59 Å². The van der Waals surface area contributed by atoms with Crippen molar-refractivity contribution in [1.29, 1.82) is 0 Å². The van der Waals surface area contributed by atoms with Gasteiger partial charge < -0.3 is 20.7 Å². The lowest BCUT2D eigenvalue weighted by atomic mass is 9.75. The number of carboxylic acid groups (broad SMARTS) is 2. The fraction of sp³-hybridized carbons (Fsp3) is 0.769. The van der Waals surface area contributed by atoms with Gasteiger partial charge in [0.1, 0.15) is 11.6 Å². The molecule has 1 saturated heterocycles.